The van der Waals surface area contributed by atoms with Gasteiger partial charge in [-0.2, -0.15) is 0 Å². The summed E-state index contributed by atoms with van der Waals surface area (Å²) >= 11 is 0. The van der Waals surface area contributed by atoms with Crippen LogP contribution in [0.15, 0.2) is 18.2 Å². The standard InChI is InChI=1S/C15H24N2/c1-11-5-7-15(16)14(8-11)10-17-9-12(2)4-6-13(17)3/h5,7-8,12-13H,4,6,9-10,16H2,1-3H3. The normalized spacial score (nSPS) is 26.1. The summed E-state index contributed by atoms with van der Waals surface area (Å²) in [4.78, 5) is 2.57. The third kappa shape index (κ3) is 3.01. The van der Waals surface area contributed by atoms with Gasteiger partial charge >= 0.3 is 0 Å². The summed E-state index contributed by atoms with van der Waals surface area (Å²) < 4.78 is 0. The van der Waals surface area contributed by atoms with Gasteiger partial charge in [0.2, 0.25) is 0 Å². The molecular formula is C15H24N2. The quantitative estimate of drug-likeness (QED) is 0.793. The minimum absolute atomic E-state index is 0.686. The number of nitrogens with zero attached hydrogens (tertiary/aromatic N) is 1. The van der Waals surface area contributed by atoms with Crippen molar-refractivity contribution in [3.8, 4) is 0 Å². The fourth-order valence-electron chi connectivity index (χ4n) is 2.69. The first-order chi connectivity index (χ1) is 8.06. The fraction of sp³-hybridized carbons (Fsp3) is 0.600. The summed E-state index contributed by atoms with van der Waals surface area (Å²) in [6, 6.07) is 7.02. The first-order valence-electron chi connectivity index (χ1n) is 6.65. The Labute approximate surface area is 105 Å². The Morgan fingerprint density at radius 2 is 2.06 bits per heavy atom. The lowest BCUT2D eigenvalue weighted by Crippen LogP contribution is -2.40. The molecule has 0 amide bonds. The molecule has 0 aromatic heterocycles. The van der Waals surface area contributed by atoms with Gasteiger partial charge in [-0.1, -0.05) is 24.6 Å². The SMILES string of the molecule is Cc1ccc(N)c(CN2CC(C)CCC2C)c1. The minimum atomic E-state index is 0.686. The van der Waals surface area contributed by atoms with Crippen molar-refractivity contribution in [3.05, 3.63) is 29.3 Å². The van der Waals surface area contributed by atoms with Crippen LogP contribution in [-0.4, -0.2) is 17.5 Å². The van der Waals surface area contributed by atoms with E-state index in [0.717, 1.165) is 18.2 Å². The molecular weight excluding hydrogens is 208 g/mol. The van der Waals surface area contributed by atoms with Gasteiger partial charge in [0.05, 0.1) is 0 Å². The van der Waals surface area contributed by atoms with Crippen LogP contribution >= 0.6 is 0 Å². The van der Waals surface area contributed by atoms with Crippen molar-refractivity contribution in [2.45, 2.75) is 46.2 Å². The molecule has 2 rings (SSSR count). The highest BCUT2D eigenvalue weighted by molar-refractivity contribution is 5.48. The van der Waals surface area contributed by atoms with Crippen molar-refractivity contribution in [1.82, 2.24) is 4.90 Å². The third-order valence-corrected chi connectivity index (χ3v) is 3.92. The highest BCUT2D eigenvalue weighted by Crippen LogP contribution is 2.25. The number of hydrogen-bond acceptors (Lipinski definition) is 2. The molecule has 17 heavy (non-hydrogen) atoms. The van der Waals surface area contributed by atoms with Gasteiger partial charge in [0.15, 0.2) is 0 Å². The largest absolute Gasteiger partial charge is 0.398 e. The number of piperidine rings is 1. The number of rotatable bonds is 2. The summed E-state index contributed by atoms with van der Waals surface area (Å²) in [7, 11) is 0. The highest BCUT2D eigenvalue weighted by atomic mass is 15.2. The van der Waals surface area contributed by atoms with Crippen LogP contribution in [-0.2, 0) is 6.54 Å². The number of benzene rings is 1. The van der Waals surface area contributed by atoms with Crippen LogP contribution in [0.3, 0.4) is 0 Å². The van der Waals surface area contributed by atoms with Crippen molar-refractivity contribution in [2.75, 3.05) is 12.3 Å². The zero-order valence-corrected chi connectivity index (χ0v) is 11.2. The molecule has 1 aliphatic heterocycles. The van der Waals surface area contributed by atoms with Crippen molar-refractivity contribution < 1.29 is 0 Å². The monoisotopic (exact) mass is 232 g/mol. The van der Waals surface area contributed by atoms with Crippen molar-refractivity contribution in [1.29, 1.82) is 0 Å². The molecule has 2 unspecified atom stereocenters. The molecule has 0 spiro atoms. The lowest BCUT2D eigenvalue weighted by atomic mass is 9.94. The number of anilines is 1. The summed E-state index contributed by atoms with van der Waals surface area (Å²) in [5.74, 6) is 0.817. The Hall–Kier alpha value is -1.02. The smallest absolute Gasteiger partial charge is 0.0359 e. The van der Waals surface area contributed by atoms with Crippen LogP contribution in [0.25, 0.3) is 0 Å². The zero-order chi connectivity index (χ0) is 12.4. The molecule has 1 aromatic rings. The molecule has 0 aliphatic carbocycles. The Bertz CT molecular complexity index is 387. The molecule has 1 aromatic carbocycles. The van der Waals surface area contributed by atoms with Gasteiger partial charge in [0.25, 0.3) is 0 Å². The number of aryl methyl sites for hydroxylation is 1. The second-order valence-electron chi connectivity index (χ2n) is 5.66. The van der Waals surface area contributed by atoms with Crippen molar-refractivity contribution in [3.63, 3.8) is 0 Å². The summed E-state index contributed by atoms with van der Waals surface area (Å²) in [6.07, 6.45) is 2.67. The molecule has 1 heterocycles. The Morgan fingerprint density at radius 3 is 2.82 bits per heavy atom. The topological polar surface area (TPSA) is 29.3 Å². The molecule has 2 heteroatoms. The van der Waals surface area contributed by atoms with Crippen LogP contribution in [0.2, 0.25) is 0 Å². The summed E-state index contributed by atoms with van der Waals surface area (Å²) in [5.41, 5.74) is 9.57. The maximum Gasteiger partial charge on any atom is 0.0359 e. The Kier molecular flexibility index (Phi) is 3.72. The van der Waals surface area contributed by atoms with E-state index in [1.165, 1.54) is 30.5 Å². The van der Waals surface area contributed by atoms with Crippen molar-refractivity contribution in [2.24, 2.45) is 5.92 Å². The molecule has 94 valence electrons. The van der Waals surface area contributed by atoms with Crippen LogP contribution in [0.5, 0.6) is 0 Å². The predicted molar refractivity (Wildman–Crippen MR) is 73.9 cm³/mol. The first-order valence-corrected chi connectivity index (χ1v) is 6.65. The average Bonchev–Trinajstić information content (AvgIpc) is 2.28. The van der Waals surface area contributed by atoms with E-state index >= 15 is 0 Å². The Morgan fingerprint density at radius 1 is 1.29 bits per heavy atom. The van der Waals surface area contributed by atoms with Gasteiger partial charge in [-0.15, -0.1) is 0 Å². The van der Waals surface area contributed by atoms with Crippen LogP contribution in [0.1, 0.15) is 37.8 Å². The van der Waals surface area contributed by atoms with E-state index in [0.29, 0.717) is 6.04 Å². The lowest BCUT2D eigenvalue weighted by molar-refractivity contribution is 0.117. The molecule has 0 radical (unpaired) electrons. The number of likely N-dealkylation sites (tertiary alicyclic amines) is 1. The fourth-order valence-corrected chi connectivity index (χ4v) is 2.69. The van der Waals surface area contributed by atoms with E-state index in [-0.39, 0.29) is 0 Å². The second-order valence-corrected chi connectivity index (χ2v) is 5.66. The van der Waals surface area contributed by atoms with E-state index in [1.807, 2.05) is 6.07 Å². The van der Waals surface area contributed by atoms with Crippen LogP contribution < -0.4 is 5.73 Å². The van der Waals surface area contributed by atoms with E-state index < -0.39 is 0 Å². The van der Waals surface area contributed by atoms with Gasteiger partial charge in [0.1, 0.15) is 0 Å². The van der Waals surface area contributed by atoms with Gasteiger partial charge in [-0.25, -0.2) is 0 Å². The van der Waals surface area contributed by atoms with Crippen LogP contribution in [0, 0.1) is 12.8 Å². The zero-order valence-electron chi connectivity index (χ0n) is 11.2. The van der Waals surface area contributed by atoms with Crippen molar-refractivity contribution >= 4 is 5.69 Å². The molecule has 1 aliphatic rings. The minimum Gasteiger partial charge on any atom is -0.398 e. The van der Waals surface area contributed by atoms with Gasteiger partial charge < -0.3 is 5.73 Å². The third-order valence-electron chi connectivity index (χ3n) is 3.92. The Balaban J connectivity index is 2.11. The van der Waals surface area contributed by atoms with Gasteiger partial charge in [-0.3, -0.25) is 4.90 Å². The highest BCUT2D eigenvalue weighted by Gasteiger charge is 2.23. The van der Waals surface area contributed by atoms with E-state index in [2.05, 4.69) is 37.8 Å². The number of hydrogen-bond donors (Lipinski definition) is 1. The van der Waals surface area contributed by atoms with E-state index in [1.54, 1.807) is 0 Å². The van der Waals surface area contributed by atoms with Crippen LogP contribution in [0.4, 0.5) is 5.69 Å². The first kappa shape index (κ1) is 12.4. The van der Waals surface area contributed by atoms with E-state index in [4.69, 9.17) is 5.73 Å². The molecule has 2 N–H and O–H groups in total. The number of nitrogens with two attached hydrogens (primary N) is 1. The molecule has 1 saturated heterocycles. The molecule has 2 nitrogen and oxygen atoms in total. The average molecular weight is 232 g/mol. The molecule has 2 atom stereocenters. The maximum atomic E-state index is 6.06. The number of nitrogen functional groups attached to an aromatic ring is 1. The van der Waals surface area contributed by atoms with E-state index in [9.17, 15) is 0 Å². The summed E-state index contributed by atoms with van der Waals surface area (Å²) in [5, 5.41) is 0. The molecule has 1 fully saturated rings. The molecule has 0 saturated carbocycles. The maximum absolute atomic E-state index is 6.06. The summed E-state index contributed by atoms with van der Waals surface area (Å²) in [6.45, 7) is 9.01. The van der Waals surface area contributed by atoms with Gasteiger partial charge in [-0.05, 0) is 44.2 Å². The lowest BCUT2D eigenvalue weighted by Gasteiger charge is -2.37. The molecule has 0 bridgehead atoms. The second kappa shape index (κ2) is 5.09. The van der Waals surface area contributed by atoms with Gasteiger partial charge in [0, 0.05) is 24.8 Å². The predicted octanol–water partition coefficient (Wildman–Crippen LogP) is 3.20.